The number of amides is 3. The second kappa shape index (κ2) is 8.05. The van der Waals surface area contributed by atoms with Crippen molar-refractivity contribution in [2.24, 2.45) is 17.8 Å². The maximum absolute atomic E-state index is 12.4. The van der Waals surface area contributed by atoms with Gasteiger partial charge in [0.25, 0.3) is 5.91 Å². The van der Waals surface area contributed by atoms with Crippen LogP contribution in [0.4, 0.5) is 4.79 Å². The maximum atomic E-state index is 12.4. The molecular formula is C22H28N2O5. The summed E-state index contributed by atoms with van der Waals surface area (Å²) in [6.45, 7) is 1.91. The Kier molecular flexibility index (Phi) is 5.48. The molecule has 0 aliphatic heterocycles. The Balaban J connectivity index is 1.30. The van der Waals surface area contributed by atoms with Crippen LogP contribution in [0.15, 0.2) is 18.2 Å². The highest BCUT2D eigenvalue weighted by Crippen LogP contribution is 2.55. The van der Waals surface area contributed by atoms with E-state index in [0.29, 0.717) is 47.7 Å². The van der Waals surface area contributed by atoms with Crippen molar-refractivity contribution >= 4 is 18.2 Å². The van der Waals surface area contributed by atoms with Gasteiger partial charge in [-0.2, -0.15) is 0 Å². The van der Waals surface area contributed by atoms with E-state index in [1.54, 1.807) is 18.2 Å². The molecule has 4 saturated carbocycles. The molecule has 5 rings (SSSR count). The van der Waals surface area contributed by atoms with Gasteiger partial charge in [0.2, 0.25) is 0 Å². The van der Waals surface area contributed by atoms with Gasteiger partial charge in [0.05, 0.1) is 6.61 Å². The molecule has 156 valence electrons. The number of benzene rings is 1. The topological polar surface area (TPSA) is 93.7 Å². The lowest BCUT2D eigenvalue weighted by molar-refractivity contribution is -0.122. The average molecular weight is 400 g/mol. The molecule has 0 aromatic heterocycles. The molecule has 0 unspecified atom stereocenters. The summed E-state index contributed by atoms with van der Waals surface area (Å²) in [5, 5.41) is 5.50. The number of carbonyl (C=O) groups excluding carboxylic acids is 3. The Labute approximate surface area is 170 Å². The van der Waals surface area contributed by atoms with Crippen molar-refractivity contribution in [2.75, 3.05) is 13.2 Å². The number of aldehydes is 1. The van der Waals surface area contributed by atoms with E-state index in [1.165, 1.54) is 19.3 Å². The molecule has 3 amide bonds. The van der Waals surface area contributed by atoms with Crippen LogP contribution in [0, 0.1) is 17.8 Å². The minimum absolute atomic E-state index is 0.146. The third-order valence-electron chi connectivity index (χ3n) is 6.43. The normalized spacial score (nSPS) is 29.2. The Morgan fingerprint density at radius 2 is 1.72 bits per heavy atom. The fraction of sp³-hybridized carbons (Fsp3) is 0.591. The highest BCUT2D eigenvalue weighted by molar-refractivity contribution is 5.95. The van der Waals surface area contributed by atoms with Gasteiger partial charge in [-0.15, -0.1) is 0 Å². The number of ether oxygens (including phenoxy) is 2. The van der Waals surface area contributed by atoms with Gasteiger partial charge in [-0.05, 0) is 81.4 Å². The predicted octanol–water partition coefficient (Wildman–Crippen LogP) is 3.07. The molecule has 4 aliphatic rings. The van der Waals surface area contributed by atoms with Crippen molar-refractivity contribution in [1.29, 1.82) is 0 Å². The zero-order valence-corrected chi connectivity index (χ0v) is 16.7. The number of hydrogen-bond donors (Lipinski definition) is 2. The van der Waals surface area contributed by atoms with Crippen molar-refractivity contribution in [2.45, 2.75) is 51.0 Å². The van der Waals surface area contributed by atoms with Crippen LogP contribution in [0.1, 0.15) is 55.8 Å². The summed E-state index contributed by atoms with van der Waals surface area (Å²) in [6, 6.07) is 4.28. The number of rotatable bonds is 7. The molecular weight excluding hydrogens is 372 g/mol. The van der Waals surface area contributed by atoms with E-state index in [9.17, 15) is 14.4 Å². The summed E-state index contributed by atoms with van der Waals surface area (Å²) in [4.78, 5) is 35.6. The van der Waals surface area contributed by atoms with Crippen molar-refractivity contribution in [3.63, 3.8) is 0 Å². The van der Waals surface area contributed by atoms with Crippen molar-refractivity contribution in [1.82, 2.24) is 10.6 Å². The van der Waals surface area contributed by atoms with E-state index in [1.807, 2.05) is 6.92 Å². The first-order chi connectivity index (χ1) is 14.0. The van der Waals surface area contributed by atoms with E-state index < -0.39 is 11.9 Å². The fourth-order valence-electron chi connectivity index (χ4n) is 5.83. The molecule has 2 N–H and O–H groups in total. The molecule has 29 heavy (non-hydrogen) atoms. The first kappa shape index (κ1) is 19.7. The highest BCUT2D eigenvalue weighted by atomic mass is 16.5. The van der Waals surface area contributed by atoms with Crippen molar-refractivity contribution < 1.29 is 23.9 Å². The largest absolute Gasteiger partial charge is 0.490 e. The SMILES string of the molecule is CCOc1cc(C=O)ccc1OCC(=O)NC(=O)NC12CC3CC(CC(C3)C1)C2. The van der Waals surface area contributed by atoms with Gasteiger partial charge in [0.1, 0.15) is 6.29 Å². The molecule has 4 aliphatic carbocycles. The number of nitrogens with one attached hydrogen (secondary N) is 2. The molecule has 7 heteroatoms. The average Bonchev–Trinajstić information content (AvgIpc) is 2.65. The fourth-order valence-corrected chi connectivity index (χ4v) is 5.83. The Bertz CT molecular complexity index is 771. The molecule has 0 radical (unpaired) electrons. The van der Waals surface area contributed by atoms with E-state index in [0.717, 1.165) is 19.3 Å². The summed E-state index contributed by atoms with van der Waals surface area (Å²) in [5.74, 6) is 2.37. The smallest absolute Gasteiger partial charge is 0.321 e. The minimum atomic E-state index is -0.519. The van der Waals surface area contributed by atoms with Crippen LogP contribution in [0.25, 0.3) is 0 Å². The molecule has 4 fully saturated rings. The molecule has 1 aromatic carbocycles. The summed E-state index contributed by atoms with van der Waals surface area (Å²) in [7, 11) is 0. The number of urea groups is 1. The second-order valence-electron chi connectivity index (χ2n) is 8.75. The first-order valence-electron chi connectivity index (χ1n) is 10.5. The monoisotopic (exact) mass is 400 g/mol. The van der Waals surface area contributed by atoms with Crippen LogP contribution in [0.3, 0.4) is 0 Å². The van der Waals surface area contributed by atoms with Gasteiger partial charge in [-0.25, -0.2) is 4.79 Å². The first-order valence-corrected chi connectivity index (χ1v) is 10.5. The third-order valence-corrected chi connectivity index (χ3v) is 6.43. The molecule has 0 saturated heterocycles. The molecule has 0 atom stereocenters. The van der Waals surface area contributed by atoms with E-state index in [-0.39, 0.29) is 12.1 Å². The lowest BCUT2D eigenvalue weighted by atomic mass is 9.53. The van der Waals surface area contributed by atoms with Gasteiger partial charge in [0, 0.05) is 11.1 Å². The van der Waals surface area contributed by atoms with Gasteiger partial charge < -0.3 is 14.8 Å². The van der Waals surface area contributed by atoms with Gasteiger partial charge in [-0.1, -0.05) is 0 Å². The second-order valence-corrected chi connectivity index (χ2v) is 8.75. The Hall–Kier alpha value is -2.57. The van der Waals surface area contributed by atoms with Crippen LogP contribution >= 0.6 is 0 Å². The van der Waals surface area contributed by atoms with E-state index >= 15 is 0 Å². The summed E-state index contributed by atoms with van der Waals surface area (Å²) in [5.41, 5.74) is 0.312. The van der Waals surface area contributed by atoms with E-state index in [4.69, 9.17) is 9.47 Å². The van der Waals surface area contributed by atoms with E-state index in [2.05, 4.69) is 10.6 Å². The maximum Gasteiger partial charge on any atom is 0.321 e. The molecule has 7 nitrogen and oxygen atoms in total. The summed E-state index contributed by atoms with van der Waals surface area (Å²) in [6.07, 6.45) is 7.67. The standard InChI is InChI=1S/C22H28N2O5/c1-2-28-19-8-14(12-25)3-4-18(19)29-13-20(26)23-21(27)24-22-9-15-5-16(10-22)7-17(6-15)11-22/h3-4,8,12,15-17H,2,5-7,9-11,13H2,1H3,(H2,23,24,26,27). The van der Waals surface area contributed by atoms with Gasteiger partial charge in [0.15, 0.2) is 18.1 Å². The van der Waals surface area contributed by atoms with Crippen LogP contribution in [-0.2, 0) is 4.79 Å². The highest BCUT2D eigenvalue weighted by Gasteiger charge is 2.51. The zero-order valence-electron chi connectivity index (χ0n) is 16.7. The van der Waals surface area contributed by atoms with Crippen LogP contribution in [-0.4, -0.2) is 37.0 Å². The lowest BCUT2D eigenvalue weighted by Crippen LogP contribution is -2.62. The minimum Gasteiger partial charge on any atom is -0.490 e. The molecule has 1 aromatic rings. The number of imide groups is 1. The quantitative estimate of drug-likeness (QED) is 0.686. The van der Waals surface area contributed by atoms with Crippen LogP contribution < -0.4 is 20.1 Å². The lowest BCUT2D eigenvalue weighted by Gasteiger charge is -2.56. The molecule has 0 heterocycles. The van der Waals surface area contributed by atoms with Gasteiger partial charge >= 0.3 is 6.03 Å². The number of hydrogen-bond acceptors (Lipinski definition) is 5. The molecule has 4 bridgehead atoms. The van der Waals surface area contributed by atoms with Crippen LogP contribution in [0.5, 0.6) is 11.5 Å². The summed E-state index contributed by atoms with van der Waals surface area (Å²) < 4.78 is 11.0. The molecule has 0 spiro atoms. The number of carbonyl (C=O) groups is 3. The van der Waals surface area contributed by atoms with Crippen molar-refractivity contribution in [3.05, 3.63) is 23.8 Å². The Morgan fingerprint density at radius 3 is 2.31 bits per heavy atom. The predicted molar refractivity (Wildman–Crippen MR) is 106 cm³/mol. The van der Waals surface area contributed by atoms with Crippen molar-refractivity contribution in [3.8, 4) is 11.5 Å². The zero-order chi connectivity index (χ0) is 20.4. The van der Waals surface area contributed by atoms with Gasteiger partial charge in [-0.3, -0.25) is 14.9 Å². The summed E-state index contributed by atoms with van der Waals surface area (Å²) >= 11 is 0. The Morgan fingerprint density at radius 1 is 1.07 bits per heavy atom. The van der Waals surface area contributed by atoms with Crippen LogP contribution in [0.2, 0.25) is 0 Å². The third kappa shape index (κ3) is 4.38.